The molecule has 3 N–H and O–H groups in total. The van der Waals surface area contributed by atoms with E-state index in [1.807, 2.05) is 0 Å². The van der Waals surface area contributed by atoms with Crippen LogP contribution in [0.2, 0.25) is 0 Å². The summed E-state index contributed by atoms with van der Waals surface area (Å²) >= 11 is 0. The van der Waals surface area contributed by atoms with Gasteiger partial charge in [0.25, 0.3) is 5.91 Å². The number of alkyl halides is 1. The summed E-state index contributed by atoms with van der Waals surface area (Å²) < 4.78 is 12.4. The van der Waals surface area contributed by atoms with Gasteiger partial charge in [-0.3, -0.25) is 19.2 Å². The molecule has 0 saturated carbocycles. The number of carbonyl (C=O) groups excluding carboxylic acids is 3. The molecule has 0 aliphatic heterocycles. The third-order valence-electron chi connectivity index (χ3n) is 2.65. The number of nitrogens with one attached hydrogen (secondary N) is 2. The monoisotopic (exact) mass is 310 g/mol. The minimum Gasteiger partial charge on any atom is -0.481 e. The Morgan fingerprint density at radius 3 is 2.50 bits per heavy atom. The lowest BCUT2D eigenvalue weighted by atomic mass is 10.1. The predicted octanol–water partition coefficient (Wildman–Crippen LogP) is 0.757. The van der Waals surface area contributed by atoms with Crippen LogP contribution in [0.3, 0.4) is 0 Å². The Kier molecular flexibility index (Phi) is 6.18. The number of amides is 2. The SMILES string of the molecule is CC(=O)Nc1cccc(C(=O)NC(CC(=O)O)C(=O)CF)c1. The number of ketones is 1. The molecule has 0 aliphatic carbocycles. The average Bonchev–Trinajstić information content (AvgIpc) is 2.44. The third-order valence-corrected chi connectivity index (χ3v) is 2.65. The summed E-state index contributed by atoms with van der Waals surface area (Å²) in [5, 5.41) is 13.3. The van der Waals surface area contributed by atoms with Crippen LogP contribution in [0.1, 0.15) is 23.7 Å². The minimum atomic E-state index is -1.44. The Morgan fingerprint density at radius 2 is 1.95 bits per heavy atom. The Hall–Kier alpha value is -2.77. The highest BCUT2D eigenvalue weighted by Crippen LogP contribution is 2.11. The minimum absolute atomic E-state index is 0.105. The van der Waals surface area contributed by atoms with Gasteiger partial charge in [-0.05, 0) is 18.2 Å². The molecule has 0 saturated heterocycles. The lowest BCUT2D eigenvalue weighted by molar-refractivity contribution is -0.139. The second kappa shape index (κ2) is 7.87. The molecule has 0 bridgehead atoms. The van der Waals surface area contributed by atoms with Crippen LogP contribution >= 0.6 is 0 Å². The number of carboxylic acids is 1. The van der Waals surface area contributed by atoms with Crippen LogP contribution in [0.4, 0.5) is 10.1 Å². The molecule has 0 spiro atoms. The van der Waals surface area contributed by atoms with Crippen molar-refractivity contribution in [2.24, 2.45) is 0 Å². The Morgan fingerprint density at radius 1 is 1.27 bits per heavy atom. The fraction of sp³-hybridized carbons (Fsp3) is 0.286. The maximum atomic E-state index is 12.4. The summed E-state index contributed by atoms with van der Waals surface area (Å²) in [5.41, 5.74) is 0.472. The van der Waals surface area contributed by atoms with Crippen LogP contribution in [0.25, 0.3) is 0 Å². The van der Waals surface area contributed by atoms with E-state index in [0.29, 0.717) is 5.69 Å². The number of carbonyl (C=O) groups is 4. The first-order valence-corrected chi connectivity index (χ1v) is 6.32. The number of hydrogen-bond acceptors (Lipinski definition) is 4. The van der Waals surface area contributed by atoms with Crippen LogP contribution in [-0.2, 0) is 14.4 Å². The molecule has 22 heavy (non-hydrogen) atoms. The van der Waals surface area contributed by atoms with Gasteiger partial charge in [0.1, 0.15) is 12.7 Å². The van der Waals surface area contributed by atoms with E-state index in [9.17, 15) is 23.6 Å². The first-order chi connectivity index (χ1) is 10.3. The summed E-state index contributed by atoms with van der Waals surface area (Å²) in [6.07, 6.45) is -0.708. The van der Waals surface area contributed by atoms with Crippen molar-refractivity contribution in [3.05, 3.63) is 29.8 Å². The summed E-state index contributed by atoms with van der Waals surface area (Å²) in [7, 11) is 0. The molecule has 0 aliphatic rings. The van der Waals surface area contributed by atoms with E-state index >= 15 is 0 Å². The summed E-state index contributed by atoms with van der Waals surface area (Å²) in [4.78, 5) is 44.9. The van der Waals surface area contributed by atoms with Crippen molar-refractivity contribution < 1.29 is 28.7 Å². The highest BCUT2D eigenvalue weighted by molar-refractivity contribution is 6.00. The molecule has 0 aromatic heterocycles. The summed E-state index contributed by atoms with van der Waals surface area (Å²) in [6.45, 7) is -0.0697. The van der Waals surface area contributed by atoms with Gasteiger partial charge >= 0.3 is 5.97 Å². The number of Topliss-reactive ketones (excluding diaryl/α,β-unsaturated/α-hetero) is 1. The van der Waals surface area contributed by atoms with E-state index in [-0.39, 0.29) is 11.5 Å². The van der Waals surface area contributed by atoms with Gasteiger partial charge in [-0.25, -0.2) is 4.39 Å². The van der Waals surface area contributed by atoms with Crippen LogP contribution in [0.15, 0.2) is 24.3 Å². The topological polar surface area (TPSA) is 113 Å². The standard InChI is InChI=1S/C14H15FN2O5/c1-8(18)16-10-4-2-3-9(5-10)14(22)17-11(6-13(20)21)12(19)7-15/h2-5,11H,6-7H2,1H3,(H,16,18)(H,17,22)(H,20,21). The average molecular weight is 310 g/mol. The number of carboxylic acid groups (broad SMARTS) is 1. The largest absolute Gasteiger partial charge is 0.481 e. The molecule has 2 amide bonds. The van der Waals surface area contributed by atoms with Crippen LogP contribution < -0.4 is 10.6 Å². The van der Waals surface area contributed by atoms with Crippen molar-refractivity contribution in [1.29, 1.82) is 0 Å². The van der Waals surface area contributed by atoms with Gasteiger partial charge in [-0.2, -0.15) is 0 Å². The molecule has 1 aromatic carbocycles. The Balaban J connectivity index is 2.87. The molecule has 0 radical (unpaired) electrons. The maximum Gasteiger partial charge on any atom is 0.305 e. The second-order valence-electron chi connectivity index (χ2n) is 4.49. The number of rotatable bonds is 7. The Bertz CT molecular complexity index is 603. The number of halogens is 1. The van der Waals surface area contributed by atoms with Gasteiger partial charge in [0, 0.05) is 18.2 Å². The third kappa shape index (κ3) is 5.31. The number of benzene rings is 1. The van der Waals surface area contributed by atoms with E-state index in [4.69, 9.17) is 5.11 Å². The van der Waals surface area contributed by atoms with Crippen LogP contribution in [0, 0.1) is 0 Å². The smallest absolute Gasteiger partial charge is 0.305 e. The molecule has 0 fully saturated rings. The van der Waals surface area contributed by atoms with Gasteiger partial charge in [0.05, 0.1) is 6.42 Å². The number of hydrogen-bond donors (Lipinski definition) is 3. The van der Waals surface area contributed by atoms with E-state index < -0.39 is 36.8 Å². The van der Waals surface area contributed by atoms with Crippen molar-refractivity contribution in [1.82, 2.24) is 5.32 Å². The van der Waals surface area contributed by atoms with Gasteiger partial charge in [-0.15, -0.1) is 0 Å². The highest BCUT2D eigenvalue weighted by atomic mass is 19.1. The van der Waals surface area contributed by atoms with Crippen molar-refractivity contribution in [3.8, 4) is 0 Å². The molecular weight excluding hydrogens is 295 g/mol. The van der Waals surface area contributed by atoms with Crippen molar-refractivity contribution in [2.75, 3.05) is 12.0 Å². The van der Waals surface area contributed by atoms with Crippen LogP contribution in [0.5, 0.6) is 0 Å². The zero-order valence-electron chi connectivity index (χ0n) is 11.8. The van der Waals surface area contributed by atoms with E-state index in [2.05, 4.69) is 10.6 Å². The van der Waals surface area contributed by atoms with Crippen molar-refractivity contribution in [2.45, 2.75) is 19.4 Å². The molecular formula is C14H15FN2O5. The van der Waals surface area contributed by atoms with Crippen LogP contribution in [-0.4, -0.2) is 41.4 Å². The molecule has 1 rings (SSSR count). The van der Waals surface area contributed by atoms with E-state index in [1.54, 1.807) is 6.07 Å². The zero-order chi connectivity index (χ0) is 16.7. The molecule has 0 heterocycles. The van der Waals surface area contributed by atoms with Crippen molar-refractivity contribution in [3.63, 3.8) is 0 Å². The quantitative estimate of drug-likeness (QED) is 0.688. The van der Waals surface area contributed by atoms with Gasteiger partial charge < -0.3 is 15.7 Å². The highest BCUT2D eigenvalue weighted by Gasteiger charge is 2.24. The predicted molar refractivity (Wildman–Crippen MR) is 75.2 cm³/mol. The summed E-state index contributed by atoms with van der Waals surface area (Å²) in [5.74, 6) is -3.41. The first kappa shape index (κ1) is 17.3. The maximum absolute atomic E-state index is 12.4. The fourth-order valence-corrected chi connectivity index (χ4v) is 1.70. The molecule has 1 aromatic rings. The normalized spacial score (nSPS) is 11.4. The number of anilines is 1. The molecule has 118 valence electrons. The molecule has 8 heteroatoms. The van der Waals surface area contributed by atoms with E-state index in [0.717, 1.165) is 0 Å². The lowest BCUT2D eigenvalue weighted by Gasteiger charge is -2.14. The second-order valence-corrected chi connectivity index (χ2v) is 4.49. The molecule has 7 nitrogen and oxygen atoms in total. The van der Waals surface area contributed by atoms with Gasteiger partial charge in [-0.1, -0.05) is 6.07 Å². The fourth-order valence-electron chi connectivity index (χ4n) is 1.70. The molecule has 1 unspecified atom stereocenters. The molecule has 1 atom stereocenters. The Labute approximate surface area is 125 Å². The first-order valence-electron chi connectivity index (χ1n) is 6.32. The zero-order valence-corrected chi connectivity index (χ0v) is 11.8. The van der Waals surface area contributed by atoms with E-state index in [1.165, 1.54) is 25.1 Å². The van der Waals surface area contributed by atoms with Gasteiger partial charge in [0.2, 0.25) is 5.91 Å². The lowest BCUT2D eigenvalue weighted by Crippen LogP contribution is -2.43. The number of aliphatic carboxylic acids is 1. The van der Waals surface area contributed by atoms with Crippen molar-refractivity contribution >= 4 is 29.3 Å². The van der Waals surface area contributed by atoms with Gasteiger partial charge in [0.15, 0.2) is 5.78 Å². The summed E-state index contributed by atoms with van der Waals surface area (Å²) in [6, 6.07) is 4.38.